The van der Waals surface area contributed by atoms with Gasteiger partial charge in [-0.25, -0.2) is 0 Å². The van der Waals surface area contributed by atoms with Crippen molar-refractivity contribution < 1.29 is 0 Å². The zero-order chi connectivity index (χ0) is 10.5. The summed E-state index contributed by atoms with van der Waals surface area (Å²) in [5.41, 5.74) is 2.29. The summed E-state index contributed by atoms with van der Waals surface area (Å²) in [6.07, 6.45) is 1.83. The van der Waals surface area contributed by atoms with E-state index < -0.39 is 0 Å². The van der Waals surface area contributed by atoms with Crippen LogP contribution < -0.4 is 5.32 Å². The van der Waals surface area contributed by atoms with Gasteiger partial charge in [-0.05, 0) is 11.6 Å². The van der Waals surface area contributed by atoms with Crippen LogP contribution in [0.1, 0.15) is 5.56 Å². The molecule has 78 valence electrons. The van der Waals surface area contributed by atoms with E-state index in [4.69, 9.17) is 11.6 Å². The zero-order valence-electron chi connectivity index (χ0n) is 8.41. The number of alkyl halides is 1. The summed E-state index contributed by atoms with van der Waals surface area (Å²) in [6, 6.07) is 10.3. The molecular formula is C12H13ClN2. The van der Waals surface area contributed by atoms with Crippen LogP contribution in [0.2, 0.25) is 0 Å². The van der Waals surface area contributed by atoms with E-state index >= 15 is 0 Å². The summed E-state index contributed by atoms with van der Waals surface area (Å²) >= 11 is 5.61. The van der Waals surface area contributed by atoms with E-state index in [1.165, 1.54) is 10.9 Å². The van der Waals surface area contributed by atoms with Crippen LogP contribution >= 0.6 is 11.6 Å². The van der Waals surface area contributed by atoms with Gasteiger partial charge in [0.05, 0.1) is 5.52 Å². The molecule has 0 saturated heterocycles. The quantitative estimate of drug-likeness (QED) is 0.633. The summed E-state index contributed by atoms with van der Waals surface area (Å²) < 4.78 is 0. The second kappa shape index (κ2) is 5.10. The van der Waals surface area contributed by atoms with Crippen LogP contribution in [-0.4, -0.2) is 17.4 Å². The molecule has 0 aliphatic rings. The first-order valence-electron chi connectivity index (χ1n) is 5.01. The van der Waals surface area contributed by atoms with Gasteiger partial charge in [0.2, 0.25) is 0 Å². The molecule has 1 aromatic carbocycles. The van der Waals surface area contributed by atoms with Crippen LogP contribution in [0.25, 0.3) is 10.9 Å². The normalized spacial score (nSPS) is 10.7. The SMILES string of the molecule is ClCCNCc1cccc2cccnc12. The molecule has 1 heterocycles. The molecule has 1 N–H and O–H groups in total. The van der Waals surface area contributed by atoms with Crippen molar-refractivity contribution in [2.75, 3.05) is 12.4 Å². The van der Waals surface area contributed by atoms with Gasteiger partial charge in [-0.15, -0.1) is 11.6 Å². The fourth-order valence-electron chi connectivity index (χ4n) is 1.60. The molecule has 0 radical (unpaired) electrons. The van der Waals surface area contributed by atoms with Crippen molar-refractivity contribution in [3.8, 4) is 0 Å². The first kappa shape index (κ1) is 10.4. The molecule has 0 unspecified atom stereocenters. The molecule has 0 fully saturated rings. The van der Waals surface area contributed by atoms with Gasteiger partial charge in [-0.1, -0.05) is 24.3 Å². The minimum atomic E-state index is 0.637. The van der Waals surface area contributed by atoms with E-state index in [0.29, 0.717) is 5.88 Å². The monoisotopic (exact) mass is 220 g/mol. The molecule has 0 amide bonds. The molecule has 2 rings (SSSR count). The van der Waals surface area contributed by atoms with Crippen molar-refractivity contribution >= 4 is 22.5 Å². The molecule has 0 spiro atoms. The highest BCUT2D eigenvalue weighted by Gasteiger charge is 2.00. The van der Waals surface area contributed by atoms with Gasteiger partial charge in [-0.3, -0.25) is 4.98 Å². The summed E-state index contributed by atoms with van der Waals surface area (Å²) in [5.74, 6) is 0.637. The second-order valence-electron chi connectivity index (χ2n) is 3.36. The maximum atomic E-state index is 5.61. The highest BCUT2D eigenvalue weighted by Crippen LogP contribution is 2.15. The van der Waals surface area contributed by atoms with E-state index in [9.17, 15) is 0 Å². The van der Waals surface area contributed by atoms with Crippen LogP contribution in [0.4, 0.5) is 0 Å². The Balaban J connectivity index is 2.26. The van der Waals surface area contributed by atoms with Gasteiger partial charge in [-0.2, -0.15) is 0 Å². The molecule has 1 aromatic heterocycles. The van der Waals surface area contributed by atoms with E-state index in [-0.39, 0.29) is 0 Å². The average molecular weight is 221 g/mol. The van der Waals surface area contributed by atoms with Crippen molar-refractivity contribution in [3.63, 3.8) is 0 Å². The number of fused-ring (bicyclic) bond motifs is 1. The van der Waals surface area contributed by atoms with Crippen LogP contribution in [-0.2, 0) is 6.54 Å². The number of hydrogen-bond acceptors (Lipinski definition) is 2. The maximum Gasteiger partial charge on any atom is 0.0746 e. The van der Waals surface area contributed by atoms with Crippen LogP contribution in [0.5, 0.6) is 0 Å². The van der Waals surface area contributed by atoms with Crippen LogP contribution in [0.3, 0.4) is 0 Å². The molecule has 2 nitrogen and oxygen atoms in total. The standard InChI is InChI=1S/C12H13ClN2/c13-6-8-14-9-11-4-1-3-10-5-2-7-15-12(10)11/h1-5,7,14H,6,8-9H2. The number of hydrogen-bond donors (Lipinski definition) is 1. The lowest BCUT2D eigenvalue weighted by Crippen LogP contribution is -2.15. The number of rotatable bonds is 4. The summed E-state index contributed by atoms with van der Waals surface area (Å²) in [6.45, 7) is 1.64. The minimum absolute atomic E-state index is 0.637. The smallest absolute Gasteiger partial charge is 0.0746 e. The van der Waals surface area contributed by atoms with E-state index in [2.05, 4.69) is 34.6 Å². The highest BCUT2D eigenvalue weighted by atomic mass is 35.5. The zero-order valence-corrected chi connectivity index (χ0v) is 9.17. The molecule has 0 saturated carbocycles. The average Bonchev–Trinajstić information content (AvgIpc) is 2.30. The van der Waals surface area contributed by atoms with Gasteiger partial charge >= 0.3 is 0 Å². The van der Waals surface area contributed by atoms with Crippen molar-refractivity contribution in [3.05, 3.63) is 42.1 Å². The molecule has 0 atom stereocenters. The Morgan fingerprint density at radius 2 is 2.07 bits per heavy atom. The third kappa shape index (κ3) is 2.46. The van der Waals surface area contributed by atoms with Gasteiger partial charge in [0, 0.05) is 30.6 Å². The lowest BCUT2D eigenvalue weighted by Gasteiger charge is -2.05. The van der Waals surface area contributed by atoms with Crippen molar-refractivity contribution in [1.29, 1.82) is 0 Å². The summed E-state index contributed by atoms with van der Waals surface area (Å²) in [5, 5.41) is 4.45. The molecule has 2 aromatic rings. The molecule has 3 heteroatoms. The predicted octanol–water partition coefficient (Wildman–Crippen LogP) is 2.56. The van der Waals surface area contributed by atoms with Gasteiger partial charge in [0.1, 0.15) is 0 Å². The number of aromatic nitrogens is 1. The largest absolute Gasteiger partial charge is 0.311 e. The topological polar surface area (TPSA) is 24.9 Å². The van der Waals surface area contributed by atoms with Crippen molar-refractivity contribution in [2.24, 2.45) is 0 Å². The predicted molar refractivity (Wildman–Crippen MR) is 64.2 cm³/mol. The Labute approximate surface area is 94.3 Å². The fraction of sp³-hybridized carbons (Fsp3) is 0.250. The Bertz CT molecular complexity index is 437. The fourth-order valence-corrected chi connectivity index (χ4v) is 1.73. The van der Waals surface area contributed by atoms with Gasteiger partial charge in [0.15, 0.2) is 0 Å². The molecule has 0 bridgehead atoms. The van der Waals surface area contributed by atoms with E-state index in [1.54, 1.807) is 0 Å². The van der Waals surface area contributed by atoms with Crippen molar-refractivity contribution in [2.45, 2.75) is 6.54 Å². The first-order valence-corrected chi connectivity index (χ1v) is 5.54. The first-order chi connectivity index (χ1) is 7.42. The number of nitrogens with one attached hydrogen (secondary N) is 1. The van der Waals surface area contributed by atoms with Crippen LogP contribution in [0, 0.1) is 0 Å². The summed E-state index contributed by atoms with van der Waals surface area (Å²) in [4.78, 5) is 4.39. The Hall–Kier alpha value is -1.12. The van der Waals surface area contributed by atoms with Crippen molar-refractivity contribution in [1.82, 2.24) is 10.3 Å². The molecule has 15 heavy (non-hydrogen) atoms. The number of nitrogens with zero attached hydrogens (tertiary/aromatic N) is 1. The van der Waals surface area contributed by atoms with E-state index in [1.807, 2.05) is 12.3 Å². The molecule has 0 aliphatic carbocycles. The minimum Gasteiger partial charge on any atom is -0.311 e. The lowest BCUT2D eigenvalue weighted by molar-refractivity contribution is 0.733. The van der Waals surface area contributed by atoms with Crippen LogP contribution in [0.15, 0.2) is 36.5 Å². The number of pyridine rings is 1. The lowest BCUT2D eigenvalue weighted by atomic mass is 10.1. The molecular weight excluding hydrogens is 208 g/mol. The third-order valence-electron chi connectivity index (χ3n) is 2.30. The number of halogens is 1. The maximum absolute atomic E-state index is 5.61. The van der Waals surface area contributed by atoms with Gasteiger partial charge in [0.25, 0.3) is 0 Å². The number of benzene rings is 1. The Kier molecular flexibility index (Phi) is 3.54. The number of para-hydroxylation sites is 1. The Morgan fingerprint density at radius 3 is 2.93 bits per heavy atom. The van der Waals surface area contributed by atoms with E-state index in [0.717, 1.165) is 18.6 Å². The van der Waals surface area contributed by atoms with Gasteiger partial charge < -0.3 is 5.32 Å². The highest BCUT2D eigenvalue weighted by molar-refractivity contribution is 6.18. The Morgan fingerprint density at radius 1 is 1.20 bits per heavy atom. The summed E-state index contributed by atoms with van der Waals surface area (Å²) in [7, 11) is 0. The third-order valence-corrected chi connectivity index (χ3v) is 2.49. The molecule has 0 aliphatic heterocycles. The second-order valence-corrected chi connectivity index (χ2v) is 3.74.